The number of carbonyl (C=O) groups excluding carboxylic acids is 3. The molecule has 0 aliphatic heterocycles. The number of nitrogens with one attached hydrogen (secondary N) is 4. The Kier molecular flexibility index (Phi) is 6.98. The average molecular weight is 346 g/mol. The maximum atomic E-state index is 11.8. The van der Waals surface area contributed by atoms with Crippen LogP contribution < -0.4 is 16.2 Å². The summed E-state index contributed by atoms with van der Waals surface area (Å²) in [5.74, 6) is -2.82. The van der Waals surface area contributed by atoms with Gasteiger partial charge in [-0.3, -0.25) is 10.2 Å². The lowest BCUT2D eigenvalue weighted by Gasteiger charge is -2.10. The van der Waals surface area contributed by atoms with Crippen molar-refractivity contribution in [3.05, 3.63) is 48.0 Å². The molecule has 7 N–H and O–H groups in total. The topological polar surface area (TPSA) is 172 Å². The van der Waals surface area contributed by atoms with Crippen molar-refractivity contribution >= 4 is 23.7 Å². The largest absolute Gasteiger partial charge is 0.504 e. The van der Waals surface area contributed by atoms with Crippen LogP contribution in [-0.2, 0) is 4.79 Å². The van der Waals surface area contributed by atoms with Gasteiger partial charge in [-0.25, -0.2) is 20.4 Å². The molecule has 0 spiro atoms. The summed E-state index contributed by atoms with van der Waals surface area (Å²) in [5, 5.41) is 35.7. The van der Waals surface area contributed by atoms with Crippen LogP contribution in [0.4, 0.5) is 10.5 Å². The Labute approximate surface area is 141 Å². The molecular formula is C15H14N4O6. The van der Waals surface area contributed by atoms with Gasteiger partial charge in [-0.2, -0.15) is 0 Å². The van der Waals surface area contributed by atoms with Gasteiger partial charge < -0.3 is 20.6 Å². The van der Waals surface area contributed by atoms with Crippen LogP contribution >= 0.6 is 0 Å². The summed E-state index contributed by atoms with van der Waals surface area (Å²) in [5.41, 5.74) is 4.59. The Morgan fingerprint density at radius 1 is 0.960 bits per heavy atom. The molecule has 25 heavy (non-hydrogen) atoms. The summed E-state index contributed by atoms with van der Waals surface area (Å²) in [6.45, 7) is 0. The number of phenolic OH excluding ortho intramolecular Hbond substituents is 3. The highest BCUT2D eigenvalue weighted by Crippen LogP contribution is 2.35. The highest BCUT2D eigenvalue weighted by Gasteiger charge is 2.14. The Balaban J connectivity index is 0.000000970. The van der Waals surface area contributed by atoms with E-state index < -0.39 is 29.2 Å². The molecule has 0 aliphatic carbocycles. The molecule has 0 atom stereocenters. The van der Waals surface area contributed by atoms with Crippen LogP contribution in [0.3, 0.4) is 0 Å². The maximum Gasteiger partial charge on any atom is 0.337 e. The van der Waals surface area contributed by atoms with E-state index >= 15 is 0 Å². The number of amides is 3. The minimum absolute atomic E-state index is 0.146. The Morgan fingerprint density at radius 3 is 2.00 bits per heavy atom. The fourth-order valence-corrected chi connectivity index (χ4v) is 1.60. The molecule has 0 bridgehead atoms. The normalized spacial score (nSPS) is 8.96. The lowest BCUT2D eigenvalue weighted by atomic mass is 10.2. The summed E-state index contributed by atoms with van der Waals surface area (Å²) in [6.07, 6.45) is 0.750. The number of carbonyl (C=O) groups is 2. The van der Waals surface area contributed by atoms with Crippen LogP contribution in [0.15, 0.2) is 42.5 Å². The second-order valence-electron chi connectivity index (χ2n) is 4.36. The third kappa shape index (κ3) is 5.93. The van der Waals surface area contributed by atoms with Crippen molar-refractivity contribution in [2.75, 3.05) is 5.32 Å². The zero-order valence-corrected chi connectivity index (χ0v) is 12.6. The van der Waals surface area contributed by atoms with Gasteiger partial charge in [0.15, 0.2) is 17.2 Å². The Bertz CT molecular complexity index is 765. The summed E-state index contributed by atoms with van der Waals surface area (Å²) >= 11 is 0. The fraction of sp³-hybridized carbons (Fsp3) is 0. The SMILES string of the molecule is N=C=O.O=C(NNC(=O)c1cc(O)c(O)c(O)c1)Nc1ccccc1. The predicted octanol–water partition coefficient (Wildman–Crippen LogP) is 1.17. The van der Waals surface area contributed by atoms with E-state index in [4.69, 9.17) is 10.2 Å². The van der Waals surface area contributed by atoms with E-state index in [1.54, 1.807) is 30.3 Å². The van der Waals surface area contributed by atoms with Gasteiger partial charge in [0.25, 0.3) is 5.91 Å². The number of urea groups is 1. The van der Waals surface area contributed by atoms with Crippen molar-refractivity contribution in [2.24, 2.45) is 0 Å². The third-order valence-electron chi connectivity index (χ3n) is 2.65. The average Bonchev–Trinajstić information content (AvgIpc) is 2.58. The van der Waals surface area contributed by atoms with Crippen LogP contribution in [0, 0.1) is 5.41 Å². The molecule has 3 amide bonds. The van der Waals surface area contributed by atoms with E-state index in [2.05, 4.69) is 16.2 Å². The van der Waals surface area contributed by atoms with Gasteiger partial charge in [0, 0.05) is 11.3 Å². The van der Waals surface area contributed by atoms with Gasteiger partial charge >= 0.3 is 6.03 Å². The standard InChI is InChI=1S/C14H13N3O5.CHNO/c18-10-6-8(7-11(19)12(10)20)13(21)16-17-14(22)15-9-4-2-1-3-5-9;2-1-3/h1-7,18-20H,(H,16,21)(H2,15,17,22);2H. The van der Waals surface area contributed by atoms with E-state index in [1.807, 2.05) is 0 Å². The number of hydrogen-bond donors (Lipinski definition) is 7. The molecule has 130 valence electrons. The third-order valence-corrected chi connectivity index (χ3v) is 2.65. The number of isocyanates is 1. The highest BCUT2D eigenvalue weighted by molar-refractivity contribution is 5.98. The van der Waals surface area contributed by atoms with Crippen LogP contribution in [0.5, 0.6) is 17.2 Å². The fourth-order valence-electron chi connectivity index (χ4n) is 1.60. The first-order valence-corrected chi connectivity index (χ1v) is 6.60. The number of rotatable bonds is 2. The summed E-state index contributed by atoms with van der Waals surface area (Å²) in [6, 6.07) is 9.80. The smallest absolute Gasteiger partial charge is 0.337 e. The molecule has 2 aromatic carbocycles. The first kappa shape index (κ1) is 19.0. The van der Waals surface area contributed by atoms with Gasteiger partial charge in [-0.05, 0) is 24.3 Å². The van der Waals surface area contributed by atoms with Crippen molar-refractivity contribution in [1.29, 1.82) is 5.41 Å². The number of phenols is 3. The van der Waals surface area contributed by atoms with Crippen LogP contribution in [-0.4, -0.2) is 33.3 Å². The molecule has 0 saturated carbocycles. The minimum Gasteiger partial charge on any atom is -0.504 e. The molecule has 0 fully saturated rings. The molecule has 0 radical (unpaired) electrons. The number of hydrogen-bond acceptors (Lipinski definition) is 7. The lowest BCUT2D eigenvalue weighted by molar-refractivity contribution is 0.0937. The lowest BCUT2D eigenvalue weighted by Crippen LogP contribution is -2.43. The summed E-state index contributed by atoms with van der Waals surface area (Å²) in [4.78, 5) is 31.7. The first-order chi connectivity index (χ1) is 11.9. The monoisotopic (exact) mass is 346 g/mol. The molecule has 2 aromatic rings. The number of anilines is 1. The summed E-state index contributed by atoms with van der Waals surface area (Å²) < 4.78 is 0. The summed E-state index contributed by atoms with van der Waals surface area (Å²) in [7, 11) is 0. The van der Waals surface area contributed by atoms with Crippen molar-refractivity contribution in [2.45, 2.75) is 0 Å². The quantitative estimate of drug-likeness (QED) is 0.186. The van der Waals surface area contributed by atoms with Gasteiger partial charge in [0.05, 0.1) is 0 Å². The van der Waals surface area contributed by atoms with Gasteiger partial charge in [0.2, 0.25) is 6.08 Å². The van der Waals surface area contributed by atoms with E-state index in [9.17, 15) is 24.9 Å². The number of para-hydroxylation sites is 1. The molecule has 0 aromatic heterocycles. The highest BCUT2D eigenvalue weighted by atomic mass is 16.3. The molecule has 0 heterocycles. The van der Waals surface area contributed by atoms with E-state index in [0.29, 0.717) is 5.69 Å². The Hall–Kier alpha value is -4.04. The van der Waals surface area contributed by atoms with Crippen molar-refractivity contribution < 1.29 is 29.7 Å². The van der Waals surface area contributed by atoms with Crippen molar-refractivity contribution in [3.63, 3.8) is 0 Å². The maximum absolute atomic E-state index is 11.8. The second-order valence-corrected chi connectivity index (χ2v) is 4.36. The van der Waals surface area contributed by atoms with Crippen LogP contribution in [0.1, 0.15) is 10.4 Å². The molecule has 0 saturated heterocycles. The van der Waals surface area contributed by atoms with E-state index in [-0.39, 0.29) is 5.56 Å². The van der Waals surface area contributed by atoms with E-state index in [1.165, 1.54) is 0 Å². The number of hydrazine groups is 1. The van der Waals surface area contributed by atoms with Crippen molar-refractivity contribution in [1.82, 2.24) is 10.9 Å². The minimum atomic E-state index is -0.784. The van der Waals surface area contributed by atoms with Gasteiger partial charge in [0.1, 0.15) is 0 Å². The zero-order chi connectivity index (χ0) is 18.8. The molecule has 2 rings (SSSR count). The van der Waals surface area contributed by atoms with Crippen LogP contribution in [0.25, 0.3) is 0 Å². The molecule has 10 nitrogen and oxygen atoms in total. The Morgan fingerprint density at radius 2 is 1.48 bits per heavy atom. The molecule has 0 aliphatic rings. The number of aromatic hydroxyl groups is 3. The molecule has 10 heteroatoms. The van der Waals surface area contributed by atoms with Crippen LogP contribution in [0.2, 0.25) is 0 Å². The zero-order valence-electron chi connectivity index (χ0n) is 12.6. The second kappa shape index (κ2) is 9.18. The first-order valence-electron chi connectivity index (χ1n) is 6.60. The van der Waals surface area contributed by atoms with E-state index in [0.717, 1.165) is 18.2 Å². The van der Waals surface area contributed by atoms with Gasteiger partial charge in [-0.1, -0.05) is 18.2 Å². The number of benzene rings is 2. The molecular weight excluding hydrogens is 332 g/mol. The molecule has 0 unspecified atom stereocenters. The van der Waals surface area contributed by atoms with Gasteiger partial charge in [-0.15, -0.1) is 0 Å². The van der Waals surface area contributed by atoms with Crippen molar-refractivity contribution in [3.8, 4) is 17.2 Å². The predicted molar refractivity (Wildman–Crippen MR) is 85.9 cm³/mol.